The smallest absolute Gasteiger partial charge is 0.410 e. The van der Waals surface area contributed by atoms with Crippen molar-refractivity contribution in [2.45, 2.75) is 58.2 Å². The van der Waals surface area contributed by atoms with Crippen LogP contribution in [0.15, 0.2) is 5.16 Å². The molecule has 0 aromatic carbocycles. The first-order valence-corrected chi connectivity index (χ1v) is 7.65. The van der Waals surface area contributed by atoms with Gasteiger partial charge >= 0.3 is 12.1 Å². The topological polar surface area (TPSA) is 77.4 Å². The Morgan fingerprint density at radius 1 is 1.41 bits per heavy atom. The van der Waals surface area contributed by atoms with Crippen molar-refractivity contribution in [2.75, 3.05) is 19.7 Å². The third kappa shape index (κ3) is 3.90. The highest BCUT2D eigenvalue weighted by Gasteiger charge is 2.46. The van der Waals surface area contributed by atoms with Crippen molar-refractivity contribution in [3.8, 4) is 0 Å². The largest absolute Gasteiger partial charge is 0.461 e. The lowest BCUT2D eigenvalue weighted by Crippen LogP contribution is -2.51. The predicted molar refractivity (Wildman–Crippen MR) is 79.5 cm³/mol. The van der Waals surface area contributed by atoms with Crippen LogP contribution >= 0.6 is 0 Å². The van der Waals surface area contributed by atoms with Gasteiger partial charge in [0.05, 0.1) is 13.2 Å². The summed E-state index contributed by atoms with van der Waals surface area (Å²) < 4.78 is 10.3. The van der Waals surface area contributed by atoms with E-state index in [9.17, 15) is 9.59 Å². The molecule has 7 heteroatoms. The summed E-state index contributed by atoms with van der Waals surface area (Å²) >= 11 is 0. The number of oxime groups is 1. The molecule has 2 aliphatic heterocycles. The van der Waals surface area contributed by atoms with Crippen LogP contribution < -0.4 is 0 Å². The average Bonchev–Trinajstić information content (AvgIpc) is 2.81. The zero-order chi connectivity index (χ0) is 16.4. The molecule has 2 heterocycles. The van der Waals surface area contributed by atoms with Gasteiger partial charge < -0.3 is 19.2 Å². The molecule has 7 nitrogen and oxygen atoms in total. The van der Waals surface area contributed by atoms with Crippen molar-refractivity contribution in [3.05, 3.63) is 0 Å². The quantitative estimate of drug-likeness (QED) is 0.730. The number of rotatable bonds is 2. The Balaban J connectivity index is 1.97. The van der Waals surface area contributed by atoms with Crippen LogP contribution in [0.2, 0.25) is 0 Å². The van der Waals surface area contributed by atoms with Crippen molar-refractivity contribution in [2.24, 2.45) is 5.16 Å². The normalized spacial score (nSPS) is 24.7. The molecule has 0 aromatic rings. The summed E-state index contributed by atoms with van der Waals surface area (Å²) in [6.45, 7) is 8.53. The fraction of sp³-hybridized carbons (Fsp3) is 0.800. The van der Waals surface area contributed by atoms with Crippen LogP contribution in [0, 0.1) is 0 Å². The third-order valence-corrected chi connectivity index (χ3v) is 3.54. The molecule has 0 radical (unpaired) electrons. The Kier molecular flexibility index (Phi) is 4.63. The van der Waals surface area contributed by atoms with Crippen LogP contribution in [0.4, 0.5) is 4.79 Å². The second-order valence-corrected chi connectivity index (χ2v) is 6.71. The Bertz CT molecular complexity index is 483. The molecular formula is C15H24N2O5. The molecule has 0 aliphatic carbocycles. The van der Waals surface area contributed by atoms with Crippen molar-refractivity contribution in [3.63, 3.8) is 0 Å². The summed E-state index contributed by atoms with van der Waals surface area (Å²) in [7, 11) is 0. The summed E-state index contributed by atoms with van der Waals surface area (Å²) in [5, 5.41) is 3.86. The summed E-state index contributed by atoms with van der Waals surface area (Å²) in [6.07, 6.45) is 1.54. The van der Waals surface area contributed by atoms with E-state index in [-0.39, 0.29) is 11.8 Å². The number of amides is 1. The zero-order valence-corrected chi connectivity index (χ0v) is 13.7. The average molecular weight is 312 g/mol. The van der Waals surface area contributed by atoms with Gasteiger partial charge in [0.2, 0.25) is 0 Å². The van der Waals surface area contributed by atoms with Gasteiger partial charge in [0, 0.05) is 13.0 Å². The van der Waals surface area contributed by atoms with Gasteiger partial charge in [-0.3, -0.25) is 0 Å². The van der Waals surface area contributed by atoms with E-state index < -0.39 is 17.2 Å². The van der Waals surface area contributed by atoms with Gasteiger partial charge in [-0.15, -0.1) is 0 Å². The highest BCUT2D eigenvalue weighted by atomic mass is 16.7. The number of hydrogen-bond donors (Lipinski definition) is 0. The maximum atomic E-state index is 12.2. The molecule has 2 aliphatic rings. The molecule has 0 aromatic heterocycles. The minimum Gasteiger partial charge on any atom is -0.461 e. The summed E-state index contributed by atoms with van der Waals surface area (Å²) in [4.78, 5) is 31.1. The Morgan fingerprint density at radius 2 is 2.14 bits per heavy atom. The van der Waals surface area contributed by atoms with E-state index in [0.29, 0.717) is 26.1 Å². The summed E-state index contributed by atoms with van der Waals surface area (Å²) in [5.41, 5.74) is -0.880. The van der Waals surface area contributed by atoms with Crippen LogP contribution in [0.1, 0.15) is 47.0 Å². The van der Waals surface area contributed by atoms with Gasteiger partial charge in [-0.05, 0) is 40.5 Å². The summed E-state index contributed by atoms with van der Waals surface area (Å²) in [5.74, 6) is -0.450. The lowest BCUT2D eigenvalue weighted by atomic mass is 9.88. The van der Waals surface area contributed by atoms with Gasteiger partial charge in [-0.2, -0.15) is 0 Å². The Morgan fingerprint density at radius 3 is 2.77 bits per heavy atom. The molecule has 1 unspecified atom stereocenters. The van der Waals surface area contributed by atoms with Crippen LogP contribution in [-0.2, 0) is 19.1 Å². The van der Waals surface area contributed by atoms with E-state index in [2.05, 4.69) is 5.16 Å². The fourth-order valence-electron chi connectivity index (χ4n) is 2.64. The monoisotopic (exact) mass is 312 g/mol. The number of ether oxygens (including phenoxy) is 2. The van der Waals surface area contributed by atoms with E-state index in [1.807, 2.05) is 20.8 Å². The van der Waals surface area contributed by atoms with Crippen LogP contribution in [0.25, 0.3) is 0 Å². The van der Waals surface area contributed by atoms with E-state index >= 15 is 0 Å². The van der Waals surface area contributed by atoms with Gasteiger partial charge in [0.15, 0.2) is 11.3 Å². The van der Waals surface area contributed by atoms with E-state index in [1.165, 1.54) is 0 Å². The maximum Gasteiger partial charge on any atom is 0.410 e. The van der Waals surface area contributed by atoms with Crippen molar-refractivity contribution >= 4 is 17.8 Å². The Hall–Kier alpha value is -1.79. The Labute approximate surface area is 130 Å². The van der Waals surface area contributed by atoms with E-state index in [4.69, 9.17) is 14.3 Å². The number of likely N-dealkylation sites (tertiary alicyclic amines) is 1. The second-order valence-electron chi connectivity index (χ2n) is 6.71. The fourth-order valence-corrected chi connectivity index (χ4v) is 2.64. The van der Waals surface area contributed by atoms with Crippen LogP contribution in [-0.4, -0.2) is 53.6 Å². The number of esters is 1. The molecule has 0 N–H and O–H groups in total. The van der Waals surface area contributed by atoms with Gasteiger partial charge in [-0.1, -0.05) is 5.16 Å². The first-order chi connectivity index (χ1) is 10.2. The minimum atomic E-state index is -0.628. The molecule has 22 heavy (non-hydrogen) atoms. The van der Waals surface area contributed by atoms with E-state index in [1.54, 1.807) is 11.8 Å². The molecule has 2 rings (SSSR count). The lowest BCUT2D eigenvalue weighted by molar-refractivity contribution is -0.135. The zero-order valence-electron chi connectivity index (χ0n) is 13.7. The SMILES string of the molecule is CCOC(=O)C1=NOC2(CCCN(C(=O)OC(C)(C)C)C2)C1. The molecule has 124 valence electrons. The first-order valence-electron chi connectivity index (χ1n) is 7.65. The first kappa shape index (κ1) is 16.6. The molecule has 0 bridgehead atoms. The number of piperidine rings is 1. The van der Waals surface area contributed by atoms with Gasteiger partial charge in [0.25, 0.3) is 0 Å². The minimum absolute atomic E-state index is 0.285. The number of carbonyl (C=O) groups excluding carboxylic acids is 2. The van der Waals surface area contributed by atoms with E-state index in [0.717, 1.165) is 12.8 Å². The molecule has 1 atom stereocenters. The van der Waals surface area contributed by atoms with Gasteiger partial charge in [-0.25, -0.2) is 9.59 Å². The molecule has 1 saturated heterocycles. The van der Waals surface area contributed by atoms with Crippen molar-refractivity contribution < 1.29 is 23.9 Å². The molecule has 1 spiro atoms. The second kappa shape index (κ2) is 6.14. The third-order valence-electron chi connectivity index (χ3n) is 3.54. The van der Waals surface area contributed by atoms with Crippen LogP contribution in [0.3, 0.4) is 0 Å². The predicted octanol–water partition coefficient (Wildman–Crippen LogP) is 2.10. The van der Waals surface area contributed by atoms with Crippen molar-refractivity contribution in [1.29, 1.82) is 0 Å². The summed E-state index contributed by atoms with van der Waals surface area (Å²) in [6, 6.07) is 0. The standard InChI is InChI=1S/C15H24N2O5/c1-5-20-12(18)11-9-15(22-16-11)7-6-8-17(10-15)13(19)21-14(2,3)4/h5-10H2,1-4H3. The lowest BCUT2D eigenvalue weighted by Gasteiger charge is -2.38. The van der Waals surface area contributed by atoms with Gasteiger partial charge in [0.1, 0.15) is 5.60 Å². The van der Waals surface area contributed by atoms with Crippen LogP contribution in [0.5, 0.6) is 0 Å². The molecule has 1 fully saturated rings. The number of hydrogen-bond acceptors (Lipinski definition) is 6. The maximum absolute atomic E-state index is 12.2. The number of nitrogens with zero attached hydrogens (tertiary/aromatic N) is 2. The van der Waals surface area contributed by atoms with Crippen molar-refractivity contribution in [1.82, 2.24) is 4.90 Å². The molecule has 0 saturated carbocycles. The molecular weight excluding hydrogens is 288 g/mol. The highest BCUT2D eigenvalue weighted by molar-refractivity contribution is 6.36. The number of carbonyl (C=O) groups is 2. The highest BCUT2D eigenvalue weighted by Crippen LogP contribution is 2.34. The molecule has 1 amide bonds.